The van der Waals surface area contributed by atoms with Crippen molar-refractivity contribution in [3.05, 3.63) is 51.5 Å². The Kier molecular flexibility index (Phi) is 5.79. The van der Waals surface area contributed by atoms with Crippen LogP contribution >= 0.6 is 11.3 Å². The highest BCUT2D eigenvalue weighted by Crippen LogP contribution is 2.48. The normalized spacial score (nSPS) is 16.6. The molecule has 158 valence electrons. The number of aliphatic imine (C=N–C) groups is 1. The Bertz CT molecular complexity index is 883. The van der Waals surface area contributed by atoms with E-state index in [2.05, 4.69) is 20.6 Å². The summed E-state index contributed by atoms with van der Waals surface area (Å²) in [6.07, 6.45) is -7.42. The molecule has 1 aromatic carbocycles. The summed E-state index contributed by atoms with van der Waals surface area (Å²) in [7, 11) is 1.50. The van der Waals surface area contributed by atoms with Crippen LogP contribution in [0, 0.1) is 0 Å². The van der Waals surface area contributed by atoms with Gasteiger partial charge in [-0.2, -0.15) is 26.3 Å². The van der Waals surface area contributed by atoms with Crippen molar-refractivity contribution in [2.45, 2.75) is 37.2 Å². The molecular formula is C18H18F6N4S. The van der Waals surface area contributed by atoms with Crippen molar-refractivity contribution in [2.75, 3.05) is 13.6 Å². The van der Waals surface area contributed by atoms with Crippen LogP contribution in [-0.2, 0) is 24.3 Å². The monoisotopic (exact) mass is 436 g/mol. The Morgan fingerprint density at radius 2 is 1.86 bits per heavy atom. The van der Waals surface area contributed by atoms with Gasteiger partial charge in [0.15, 0.2) is 11.7 Å². The summed E-state index contributed by atoms with van der Waals surface area (Å²) in [5.74, 6) is 0.340. The number of nitrogens with zero attached hydrogens (tertiary/aromatic N) is 2. The fraction of sp³-hybridized carbons (Fsp3) is 0.444. The second-order valence-corrected chi connectivity index (χ2v) is 7.71. The van der Waals surface area contributed by atoms with Crippen molar-refractivity contribution >= 4 is 17.3 Å². The summed E-state index contributed by atoms with van der Waals surface area (Å²) in [4.78, 5) is 7.54. The van der Waals surface area contributed by atoms with Gasteiger partial charge < -0.3 is 10.6 Å². The Morgan fingerprint density at radius 3 is 2.41 bits per heavy atom. The van der Waals surface area contributed by atoms with E-state index >= 15 is 0 Å². The van der Waals surface area contributed by atoms with E-state index in [1.54, 1.807) is 6.07 Å². The summed E-state index contributed by atoms with van der Waals surface area (Å²) in [5, 5.41) is 7.12. The van der Waals surface area contributed by atoms with E-state index in [0.29, 0.717) is 18.1 Å². The van der Waals surface area contributed by atoms with Gasteiger partial charge in [0.1, 0.15) is 5.01 Å². The number of aromatic nitrogens is 1. The number of thiazole rings is 1. The zero-order valence-corrected chi connectivity index (χ0v) is 16.1. The lowest BCUT2D eigenvalue weighted by Gasteiger charge is -2.20. The van der Waals surface area contributed by atoms with Crippen molar-refractivity contribution < 1.29 is 26.3 Å². The molecule has 1 saturated carbocycles. The summed E-state index contributed by atoms with van der Waals surface area (Å²) < 4.78 is 76.7. The largest absolute Gasteiger partial charge is 0.434 e. The molecule has 1 aliphatic rings. The highest BCUT2D eigenvalue weighted by atomic mass is 32.1. The number of halogens is 6. The minimum atomic E-state index is -4.49. The molecule has 1 aliphatic carbocycles. The smallest absolute Gasteiger partial charge is 0.356 e. The maximum absolute atomic E-state index is 13.0. The molecule has 1 fully saturated rings. The van der Waals surface area contributed by atoms with Gasteiger partial charge in [0.05, 0.1) is 12.1 Å². The molecule has 0 aliphatic heterocycles. The van der Waals surface area contributed by atoms with E-state index in [9.17, 15) is 26.3 Å². The van der Waals surface area contributed by atoms with E-state index in [1.807, 2.05) is 0 Å². The molecule has 0 saturated heterocycles. The average Bonchev–Trinajstić information content (AvgIpc) is 3.28. The molecule has 0 radical (unpaired) electrons. The van der Waals surface area contributed by atoms with Gasteiger partial charge in [0, 0.05) is 24.4 Å². The Labute approximate surface area is 167 Å². The van der Waals surface area contributed by atoms with Crippen LogP contribution < -0.4 is 10.6 Å². The third-order valence-corrected chi connectivity index (χ3v) is 5.57. The molecule has 0 atom stereocenters. The number of alkyl halides is 6. The fourth-order valence-electron chi connectivity index (χ4n) is 2.90. The first-order chi connectivity index (χ1) is 13.5. The minimum Gasteiger partial charge on any atom is -0.356 e. The zero-order valence-electron chi connectivity index (χ0n) is 15.3. The molecule has 0 amide bonds. The predicted molar refractivity (Wildman–Crippen MR) is 97.7 cm³/mol. The lowest BCUT2D eigenvalue weighted by atomic mass is 9.94. The number of rotatable bonds is 5. The highest BCUT2D eigenvalue weighted by Gasteiger charge is 2.45. The molecule has 1 aromatic heterocycles. The highest BCUT2D eigenvalue weighted by molar-refractivity contribution is 7.09. The summed E-state index contributed by atoms with van der Waals surface area (Å²) in [6.45, 7) is 0.413. The molecule has 1 heterocycles. The van der Waals surface area contributed by atoms with Gasteiger partial charge in [-0.15, -0.1) is 11.3 Å². The number of hydrogen-bond donors (Lipinski definition) is 2. The number of nitrogens with one attached hydrogen (secondary N) is 2. The third-order valence-electron chi connectivity index (χ3n) is 4.72. The molecule has 29 heavy (non-hydrogen) atoms. The van der Waals surface area contributed by atoms with Crippen molar-refractivity contribution in [2.24, 2.45) is 4.99 Å². The van der Waals surface area contributed by atoms with Gasteiger partial charge in [0.2, 0.25) is 0 Å². The van der Waals surface area contributed by atoms with Crippen LogP contribution in [-0.4, -0.2) is 24.5 Å². The fourth-order valence-corrected chi connectivity index (χ4v) is 3.64. The topological polar surface area (TPSA) is 49.3 Å². The van der Waals surface area contributed by atoms with Gasteiger partial charge in [-0.05, 0) is 24.5 Å². The van der Waals surface area contributed by atoms with Gasteiger partial charge in [0.25, 0.3) is 0 Å². The second kappa shape index (κ2) is 7.85. The van der Waals surface area contributed by atoms with E-state index in [4.69, 9.17) is 0 Å². The second-order valence-electron chi connectivity index (χ2n) is 6.76. The predicted octanol–water partition coefficient (Wildman–Crippen LogP) is 4.58. The lowest BCUT2D eigenvalue weighted by Crippen LogP contribution is -2.41. The number of hydrogen-bond acceptors (Lipinski definition) is 3. The Morgan fingerprint density at radius 1 is 1.14 bits per heavy atom. The summed E-state index contributed by atoms with van der Waals surface area (Å²) in [6, 6.07) is 5.27. The maximum Gasteiger partial charge on any atom is 0.434 e. The lowest BCUT2D eigenvalue weighted by molar-refractivity contribution is -0.141. The molecule has 0 spiro atoms. The first kappa shape index (κ1) is 21.4. The van der Waals surface area contributed by atoms with E-state index in [1.165, 1.54) is 19.2 Å². The summed E-state index contributed by atoms with van der Waals surface area (Å²) in [5.41, 5.74) is -1.44. The Hall–Kier alpha value is -2.30. The first-order valence-electron chi connectivity index (χ1n) is 8.67. The first-order valence-corrected chi connectivity index (χ1v) is 9.55. The van der Waals surface area contributed by atoms with E-state index in [0.717, 1.165) is 35.6 Å². The molecular weight excluding hydrogens is 418 g/mol. The van der Waals surface area contributed by atoms with Crippen LogP contribution in [0.15, 0.2) is 34.6 Å². The number of guanidine groups is 1. The molecule has 0 bridgehead atoms. The van der Waals surface area contributed by atoms with E-state index < -0.39 is 29.0 Å². The molecule has 2 N–H and O–H groups in total. The van der Waals surface area contributed by atoms with Crippen molar-refractivity contribution in [1.29, 1.82) is 0 Å². The van der Waals surface area contributed by atoms with Crippen LogP contribution in [0.2, 0.25) is 0 Å². The third kappa shape index (κ3) is 5.20. The standard InChI is InChI=1S/C18H18F6N4S/c1-25-15(26-8-14-28-13(9-29-14)18(22,23)24)27-10-16(5-6-16)11-3-2-4-12(7-11)17(19,20)21/h2-4,7,9H,5-6,8,10H2,1H3,(H2,25,26,27). The van der Waals surface area contributed by atoms with Crippen molar-refractivity contribution in [1.82, 2.24) is 15.6 Å². The van der Waals surface area contributed by atoms with Gasteiger partial charge in [-0.1, -0.05) is 18.2 Å². The zero-order chi connectivity index (χ0) is 21.3. The van der Waals surface area contributed by atoms with Crippen molar-refractivity contribution in [3.8, 4) is 0 Å². The van der Waals surface area contributed by atoms with Crippen LogP contribution in [0.3, 0.4) is 0 Å². The maximum atomic E-state index is 13.0. The number of benzene rings is 1. The van der Waals surface area contributed by atoms with E-state index in [-0.39, 0.29) is 11.6 Å². The molecule has 0 unspecified atom stereocenters. The van der Waals surface area contributed by atoms with Crippen LogP contribution in [0.5, 0.6) is 0 Å². The van der Waals surface area contributed by atoms with Crippen LogP contribution in [0.1, 0.15) is 34.7 Å². The van der Waals surface area contributed by atoms with Gasteiger partial charge >= 0.3 is 12.4 Å². The van der Waals surface area contributed by atoms with Crippen molar-refractivity contribution in [3.63, 3.8) is 0 Å². The molecule has 11 heteroatoms. The van der Waals surface area contributed by atoms with Crippen LogP contribution in [0.25, 0.3) is 0 Å². The minimum absolute atomic E-state index is 0.0526. The summed E-state index contributed by atoms with van der Waals surface area (Å²) >= 11 is 0.883. The molecule has 4 nitrogen and oxygen atoms in total. The molecule has 3 rings (SSSR count). The Balaban J connectivity index is 1.59. The van der Waals surface area contributed by atoms with Gasteiger partial charge in [-0.3, -0.25) is 4.99 Å². The average molecular weight is 436 g/mol. The SMILES string of the molecule is CN=C(NCc1nc(C(F)(F)F)cs1)NCC1(c2cccc(C(F)(F)F)c2)CC1. The van der Waals surface area contributed by atoms with Crippen LogP contribution in [0.4, 0.5) is 26.3 Å². The quantitative estimate of drug-likeness (QED) is 0.410. The van der Waals surface area contributed by atoms with Gasteiger partial charge in [-0.25, -0.2) is 4.98 Å². The molecule has 2 aromatic rings.